The molecule has 0 atom stereocenters. The first kappa shape index (κ1) is 12.5. The Kier molecular flexibility index (Phi) is 4.20. The topological polar surface area (TPSA) is 112 Å². The molecular formula is C9H11N7OS. The van der Waals surface area contributed by atoms with E-state index in [4.69, 9.17) is 10.6 Å². The monoisotopic (exact) mass is 265 g/mol. The molecule has 0 unspecified atom stereocenters. The van der Waals surface area contributed by atoms with E-state index < -0.39 is 0 Å². The van der Waals surface area contributed by atoms with Crippen LogP contribution >= 0.6 is 11.8 Å². The van der Waals surface area contributed by atoms with E-state index in [0.717, 1.165) is 5.03 Å². The molecule has 94 valence electrons. The molecular weight excluding hydrogens is 254 g/mol. The van der Waals surface area contributed by atoms with Gasteiger partial charge in [0.1, 0.15) is 11.4 Å². The third-order valence-corrected chi connectivity index (χ3v) is 2.56. The minimum atomic E-state index is 0.219. The number of hydrogen-bond acceptors (Lipinski definition) is 9. The lowest BCUT2D eigenvalue weighted by Gasteiger charge is -2.05. The predicted molar refractivity (Wildman–Crippen MR) is 65.0 cm³/mol. The highest BCUT2D eigenvalue weighted by Crippen LogP contribution is 2.23. The largest absolute Gasteiger partial charge is 0.464 e. The van der Waals surface area contributed by atoms with Gasteiger partial charge in [-0.3, -0.25) is 5.43 Å². The SMILES string of the molecule is CCOc1nc(NN)nc(Sc2ccncn2)n1. The average Bonchev–Trinajstić information content (AvgIpc) is 2.40. The molecule has 0 radical (unpaired) electrons. The second-order valence-corrected chi connectivity index (χ2v) is 3.94. The van der Waals surface area contributed by atoms with Gasteiger partial charge in [-0.05, 0) is 24.8 Å². The Morgan fingerprint density at radius 2 is 2.28 bits per heavy atom. The number of nitrogens with one attached hydrogen (secondary N) is 1. The minimum absolute atomic E-state index is 0.219. The summed E-state index contributed by atoms with van der Waals surface area (Å²) >= 11 is 1.27. The first-order valence-electron chi connectivity index (χ1n) is 5.11. The number of aromatic nitrogens is 5. The normalized spacial score (nSPS) is 10.1. The number of hydrazine groups is 1. The van der Waals surface area contributed by atoms with Crippen molar-refractivity contribution in [3.8, 4) is 6.01 Å². The smallest absolute Gasteiger partial charge is 0.322 e. The van der Waals surface area contributed by atoms with Crippen molar-refractivity contribution in [1.29, 1.82) is 0 Å². The third-order valence-electron chi connectivity index (χ3n) is 1.75. The molecule has 9 heteroatoms. The number of rotatable bonds is 5. The maximum absolute atomic E-state index is 5.28. The zero-order chi connectivity index (χ0) is 12.8. The fraction of sp³-hybridized carbons (Fsp3) is 0.222. The molecule has 3 N–H and O–H groups in total. The van der Waals surface area contributed by atoms with Gasteiger partial charge in [0, 0.05) is 6.20 Å². The van der Waals surface area contributed by atoms with Crippen LogP contribution in [0.4, 0.5) is 5.95 Å². The molecule has 2 heterocycles. The molecule has 2 rings (SSSR count). The molecule has 8 nitrogen and oxygen atoms in total. The second kappa shape index (κ2) is 6.07. The Balaban J connectivity index is 2.24. The maximum Gasteiger partial charge on any atom is 0.322 e. The van der Waals surface area contributed by atoms with Crippen molar-refractivity contribution in [2.75, 3.05) is 12.0 Å². The van der Waals surface area contributed by atoms with Crippen LogP contribution in [-0.2, 0) is 0 Å². The van der Waals surface area contributed by atoms with Gasteiger partial charge in [0.25, 0.3) is 0 Å². The van der Waals surface area contributed by atoms with E-state index in [-0.39, 0.29) is 12.0 Å². The predicted octanol–water partition coefficient (Wildman–Crippen LogP) is 0.497. The maximum atomic E-state index is 5.28. The lowest BCUT2D eigenvalue weighted by Crippen LogP contribution is -2.12. The summed E-state index contributed by atoms with van der Waals surface area (Å²) in [5, 5.41) is 1.17. The molecule has 18 heavy (non-hydrogen) atoms. The van der Waals surface area contributed by atoms with E-state index in [9.17, 15) is 0 Å². The zero-order valence-corrected chi connectivity index (χ0v) is 10.4. The van der Waals surface area contributed by atoms with Gasteiger partial charge in [-0.25, -0.2) is 15.8 Å². The molecule has 2 aromatic rings. The number of anilines is 1. The number of hydrogen-bond donors (Lipinski definition) is 2. The summed E-state index contributed by atoms with van der Waals surface area (Å²) in [4.78, 5) is 20.1. The molecule has 0 aliphatic heterocycles. The van der Waals surface area contributed by atoms with Crippen LogP contribution in [0.3, 0.4) is 0 Å². The van der Waals surface area contributed by atoms with E-state index in [1.165, 1.54) is 18.1 Å². The highest BCUT2D eigenvalue weighted by atomic mass is 32.2. The Morgan fingerprint density at radius 3 is 2.94 bits per heavy atom. The standard InChI is InChI=1S/C9H11N7OS/c1-2-17-8-13-7(16-10)14-9(15-8)18-6-3-4-11-5-12-6/h3-5H,2,10H2,1H3,(H,13,14,15,16). The van der Waals surface area contributed by atoms with Gasteiger partial charge in [0.2, 0.25) is 11.1 Å². The first-order chi connectivity index (χ1) is 8.81. The first-order valence-corrected chi connectivity index (χ1v) is 5.93. The van der Waals surface area contributed by atoms with Crippen molar-refractivity contribution in [2.45, 2.75) is 17.1 Å². The van der Waals surface area contributed by atoms with Crippen molar-refractivity contribution < 1.29 is 4.74 Å². The summed E-state index contributed by atoms with van der Waals surface area (Å²) in [6.07, 6.45) is 3.09. The van der Waals surface area contributed by atoms with Gasteiger partial charge in [-0.15, -0.1) is 0 Å². The summed E-state index contributed by atoms with van der Waals surface area (Å²) in [5.41, 5.74) is 2.36. The number of nitrogens with zero attached hydrogens (tertiary/aromatic N) is 5. The Bertz CT molecular complexity index is 510. The Hall–Kier alpha value is -2.00. The second-order valence-electron chi connectivity index (χ2n) is 2.95. The van der Waals surface area contributed by atoms with Crippen molar-refractivity contribution in [1.82, 2.24) is 24.9 Å². The van der Waals surface area contributed by atoms with Gasteiger partial charge >= 0.3 is 6.01 Å². The quantitative estimate of drug-likeness (QED) is 0.453. The summed E-state index contributed by atoms with van der Waals surface area (Å²) in [6.45, 7) is 2.31. The number of nitrogens with two attached hydrogens (primary N) is 1. The van der Waals surface area contributed by atoms with Crippen LogP contribution in [0.15, 0.2) is 28.8 Å². The van der Waals surface area contributed by atoms with Gasteiger partial charge in [-0.1, -0.05) is 0 Å². The highest BCUT2D eigenvalue weighted by Gasteiger charge is 2.08. The van der Waals surface area contributed by atoms with Gasteiger partial charge < -0.3 is 4.74 Å². The van der Waals surface area contributed by atoms with Gasteiger partial charge in [-0.2, -0.15) is 15.0 Å². The fourth-order valence-corrected chi connectivity index (χ4v) is 1.75. The summed E-state index contributed by atoms with van der Waals surface area (Å²) in [6, 6.07) is 1.97. The number of ether oxygens (including phenoxy) is 1. The van der Waals surface area contributed by atoms with E-state index >= 15 is 0 Å². The van der Waals surface area contributed by atoms with Crippen molar-refractivity contribution in [2.24, 2.45) is 5.84 Å². The zero-order valence-electron chi connectivity index (χ0n) is 9.57. The third kappa shape index (κ3) is 3.25. The van der Waals surface area contributed by atoms with Crippen LogP contribution in [-0.4, -0.2) is 31.5 Å². The summed E-state index contributed by atoms with van der Waals surface area (Å²) < 4.78 is 5.22. The van der Waals surface area contributed by atoms with E-state index in [1.807, 2.05) is 6.92 Å². The van der Waals surface area contributed by atoms with Crippen LogP contribution in [0.5, 0.6) is 6.01 Å². The Morgan fingerprint density at radius 1 is 1.39 bits per heavy atom. The molecule has 0 aliphatic rings. The highest BCUT2D eigenvalue weighted by molar-refractivity contribution is 7.99. The molecule has 0 amide bonds. The van der Waals surface area contributed by atoms with E-state index in [2.05, 4.69) is 30.3 Å². The minimum Gasteiger partial charge on any atom is -0.464 e. The molecule has 0 saturated carbocycles. The number of nitrogen functional groups attached to an aromatic ring is 1. The van der Waals surface area contributed by atoms with Crippen LogP contribution < -0.4 is 16.0 Å². The lowest BCUT2D eigenvalue weighted by molar-refractivity contribution is 0.308. The van der Waals surface area contributed by atoms with Crippen LogP contribution in [0, 0.1) is 0 Å². The molecule has 0 bridgehead atoms. The fourth-order valence-electron chi connectivity index (χ4n) is 1.07. The van der Waals surface area contributed by atoms with E-state index in [1.54, 1.807) is 12.3 Å². The molecule has 0 spiro atoms. The van der Waals surface area contributed by atoms with Crippen molar-refractivity contribution in [3.63, 3.8) is 0 Å². The molecule has 0 saturated heterocycles. The van der Waals surface area contributed by atoms with Crippen LogP contribution in [0.1, 0.15) is 6.92 Å². The van der Waals surface area contributed by atoms with Crippen LogP contribution in [0.25, 0.3) is 0 Å². The summed E-state index contributed by atoms with van der Waals surface area (Å²) in [5.74, 6) is 5.52. The van der Waals surface area contributed by atoms with Crippen molar-refractivity contribution >= 4 is 17.7 Å². The van der Waals surface area contributed by atoms with Gasteiger partial charge in [0.05, 0.1) is 6.61 Å². The molecule has 0 fully saturated rings. The van der Waals surface area contributed by atoms with Gasteiger partial charge in [0.15, 0.2) is 0 Å². The van der Waals surface area contributed by atoms with Crippen molar-refractivity contribution in [3.05, 3.63) is 18.6 Å². The lowest BCUT2D eigenvalue weighted by atomic mass is 10.7. The molecule has 0 aromatic carbocycles. The molecule has 0 aliphatic carbocycles. The molecule has 2 aromatic heterocycles. The summed E-state index contributed by atoms with van der Waals surface area (Å²) in [7, 11) is 0. The van der Waals surface area contributed by atoms with E-state index in [0.29, 0.717) is 11.8 Å². The Labute approximate surface area is 107 Å². The average molecular weight is 265 g/mol. The van der Waals surface area contributed by atoms with Crippen LogP contribution in [0.2, 0.25) is 0 Å².